The molecule has 1 amide bonds. The van der Waals surface area contributed by atoms with Crippen LogP contribution in [0.4, 0.5) is 4.79 Å². The summed E-state index contributed by atoms with van der Waals surface area (Å²) in [4.78, 5) is 20.6. The molecule has 0 saturated carbocycles. The number of hydrogen-bond donors (Lipinski definition) is 1. The van der Waals surface area contributed by atoms with Crippen LogP contribution in [0.2, 0.25) is 0 Å². The van der Waals surface area contributed by atoms with Crippen LogP contribution in [0.3, 0.4) is 0 Å². The molecule has 0 spiro atoms. The summed E-state index contributed by atoms with van der Waals surface area (Å²) in [5.41, 5.74) is -0.475. The largest absolute Gasteiger partial charge is 0.444 e. The van der Waals surface area contributed by atoms with Crippen molar-refractivity contribution in [2.24, 2.45) is 0 Å². The first-order chi connectivity index (χ1) is 7.69. The summed E-state index contributed by atoms with van der Waals surface area (Å²) < 4.78 is 7.15. The number of hydrogen-bond acceptors (Lipinski definition) is 3. The average Bonchev–Trinajstić information content (AvgIpc) is 2.42. The highest BCUT2D eigenvalue weighted by molar-refractivity contribution is 14.1. The molecular weight excluding hydrogens is 448 g/mol. The molecule has 0 bridgehead atoms. The third kappa shape index (κ3) is 4.98. The van der Waals surface area contributed by atoms with Gasteiger partial charge in [-0.3, -0.25) is 0 Å². The standard InChI is InChI=1S/C10H15I2N3O2/c1-10(2,3)17-9(16)15(4)5-6-13-7(11)8(12)14-6/h5H2,1-4H3,(H,13,14). The molecule has 0 saturated heterocycles. The highest BCUT2D eigenvalue weighted by Gasteiger charge is 2.20. The van der Waals surface area contributed by atoms with Gasteiger partial charge in [0.25, 0.3) is 0 Å². The van der Waals surface area contributed by atoms with Crippen LogP contribution in [0.5, 0.6) is 0 Å². The molecule has 7 heteroatoms. The zero-order valence-corrected chi connectivity index (χ0v) is 14.5. The van der Waals surface area contributed by atoms with Crippen LogP contribution in [0.15, 0.2) is 0 Å². The minimum Gasteiger partial charge on any atom is -0.444 e. The summed E-state index contributed by atoms with van der Waals surface area (Å²) in [6.07, 6.45) is -0.348. The van der Waals surface area contributed by atoms with Crippen molar-refractivity contribution in [3.8, 4) is 0 Å². The highest BCUT2D eigenvalue weighted by Crippen LogP contribution is 2.14. The summed E-state index contributed by atoms with van der Waals surface area (Å²) in [5.74, 6) is 0.757. The van der Waals surface area contributed by atoms with E-state index in [-0.39, 0.29) is 6.09 Å². The van der Waals surface area contributed by atoms with E-state index in [4.69, 9.17) is 4.74 Å². The summed E-state index contributed by atoms with van der Waals surface area (Å²) >= 11 is 4.32. The molecule has 17 heavy (non-hydrogen) atoms. The summed E-state index contributed by atoms with van der Waals surface area (Å²) in [6.45, 7) is 5.94. The van der Waals surface area contributed by atoms with Crippen LogP contribution in [0.1, 0.15) is 26.6 Å². The van der Waals surface area contributed by atoms with Crippen molar-refractivity contribution in [1.82, 2.24) is 14.9 Å². The SMILES string of the molecule is CN(Cc1nc(I)c(I)[nH]1)C(=O)OC(C)(C)C. The van der Waals surface area contributed by atoms with Crippen LogP contribution in [0, 0.1) is 7.40 Å². The Balaban J connectivity index is 2.60. The summed E-state index contributed by atoms with van der Waals surface area (Å²) in [6, 6.07) is 0. The third-order valence-corrected chi connectivity index (χ3v) is 4.35. The second kappa shape index (κ2) is 5.72. The van der Waals surface area contributed by atoms with Crippen molar-refractivity contribution in [3.05, 3.63) is 13.2 Å². The van der Waals surface area contributed by atoms with Crippen LogP contribution in [0.25, 0.3) is 0 Å². The number of aromatic amines is 1. The van der Waals surface area contributed by atoms with Crippen molar-refractivity contribution >= 4 is 51.3 Å². The lowest BCUT2D eigenvalue weighted by molar-refractivity contribution is 0.0281. The number of halogens is 2. The molecule has 0 aliphatic carbocycles. The van der Waals surface area contributed by atoms with Gasteiger partial charge in [0, 0.05) is 7.05 Å². The summed E-state index contributed by atoms with van der Waals surface area (Å²) in [5, 5.41) is 0. The van der Waals surface area contributed by atoms with E-state index in [1.54, 1.807) is 7.05 Å². The lowest BCUT2D eigenvalue weighted by Crippen LogP contribution is -2.34. The molecule has 5 nitrogen and oxygen atoms in total. The predicted molar refractivity (Wildman–Crippen MR) is 81.7 cm³/mol. The molecule has 0 aliphatic rings. The van der Waals surface area contributed by atoms with E-state index in [0.717, 1.165) is 13.2 Å². The van der Waals surface area contributed by atoms with Crippen LogP contribution in [-0.2, 0) is 11.3 Å². The second-order valence-corrected chi connectivity index (χ2v) is 6.73. The normalized spacial score (nSPS) is 11.4. The number of H-pyrrole nitrogens is 1. The quantitative estimate of drug-likeness (QED) is 0.687. The number of aromatic nitrogens is 2. The molecule has 0 radical (unpaired) electrons. The van der Waals surface area contributed by atoms with Crippen molar-refractivity contribution in [2.75, 3.05) is 7.05 Å². The fourth-order valence-electron chi connectivity index (χ4n) is 1.08. The molecule has 0 aliphatic heterocycles. The Labute approximate surface area is 128 Å². The minimum atomic E-state index is -0.475. The molecular formula is C10H15I2N3O2. The maximum atomic E-state index is 11.7. The Morgan fingerprint density at radius 2 is 2.06 bits per heavy atom. The first-order valence-corrected chi connectivity index (χ1v) is 7.19. The molecule has 1 rings (SSSR count). The molecule has 1 aromatic heterocycles. The number of nitrogens with one attached hydrogen (secondary N) is 1. The van der Waals surface area contributed by atoms with E-state index in [1.807, 2.05) is 20.8 Å². The Hall–Kier alpha value is -0.0600. The molecule has 0 fully saturated rings. The Kier molecular flexibility index (Phi) is 5.05. The van der Waals surface area contributed by atoms with Gasteiger partial charge in [0.05, 0.1) is 6.54 Å². The van der Waals surface area contributed by atoms with Crippen LogP contribution in [-0.4, -0.2) is 33.6 Å². The molecule has 96 valence electrons. The van der Waals surface area contributed by atoms with Gasteiger partial charge in [-0.1, -0.05) is 0 Å². The maximum absolute atomic E-state index is 11.7. The van der Waals surface area contributed by atoms with Gasteiger partial charge in [-0.15, -0.1) is 0 Å². The fraction of sp³-hybridized carbons (Fsp3) is 0.600. The van der Waals surface area contributed by atoms with Gasteiger partial charge in [-0.25, -0.2) is 9.78 Å². The lowest BCUT2D eigenvalue weighted by Gasteiger charge is -2.24. The van der Waals surface area contributed by atoms with Crippen LogP contribution < -0.4 is 0 Å². The average molecular weight is 463 g/mol. The Morgan fingerprint density at radius 1 is 1.47 bits per heavy atom. The smallest absolute Gasteiger partial charge is 0.410 e. The lowest BCUT2D eigenvalue weighted by atomic mass is 10.2. The van der Waals surface area contributed by atoms with Crippen molar-refractivity contribution in [2.45, 2.75) is 32.9 Å². The van der Waals surface area contributed by atoms with E-state index < -0.39 is 5.60 Å². The van der Waals surface area contributed by atoms with Gasteiger partial charge in [-0.05, 0) is 66.0 Å². The zero-order valence-electron chi connectivity index (χ0n) is 10.2. The van der Waals surface area contributed by atoms with E-state index in [9.17, 15) is 4.79 Å². The van der Waals surface area contributed by atoms with E-state index in [2.05, 4.69) is 55.1 Å². The summed E-state index contributed by atoms with van der Waals surface area (Å²) in [7, 11) is 1.69. The number of imidazole rings is 1. The van der Waals surface area contributed by atoms with E-state index in [0.29, 0.717) is 6.54 Å². The number of ether oxygens (including phenoxy) is 1. The van der Waals surface area contributed by atoms with Crippen molar-refractivity contribution in [1.29, 1.82) is 0 Å². The van der Waals surface area contributed by atoms with Crippen molar-refractivity contribution in [3.63, 3.8) is 0 Å². The molecule has 1 aromatic rings. The Bertz CT molecular complexity index is 393. The molecule has 0 unspecified atom stereocenters. The number of amides is 1. The maximum Gasteiger partial charge on any atom is 0.410 e. The first kappa shape index (κ1) is 15.0. The fourth-order valence-corrected chi connectivity index (χ4v) is 1.94. The highest BCUT2D eigenvalue weighted by atomic mass is 127. The van der Waals surface area contributed by atoms with Gasteiger partial charge in [0.15, 0.2) is 0 Å². The minimum absolute atomic E-state index is 0.348. The van der Waals surface area contributed by atoms with Crippen LogP contribution >= 0.6 is 45.2 Å². The van der Waals surface area contributed by atoms with Gasteiger partial charge < -0.3 is 14.6 Å². The predicted octanol–water partition coefficient (Wildman–Crippen LogP) is 2.99. The third-order valence-electron chi connectivity index (χ3n) is 1.76. The first-order valence-electron chi connectivity index (χ1n) is 5.03. The second-order valence-electron chi connectivity index (χ2n) is 4.62. The van der Waals surface area contributed by atoms with Crippen molar-refractivity contribution < 1.29 is 9.53 Å². The zero-order chi connectivity index (χ0) is 13.2. The van der Waals surface area contributed by atoms with E-state index in [1.165, 1.54) is 4.90 Å². The molecule has 1 N–H and O–H groups in total. The molecule has 1 heterocycles. The Morgan fingerprint density at radius 3 is 2.47 bits per heavy atom. The van der Waals surface area contributed by atoms with Gasteiger partial charge in [-0.2, -0.15) is 0 Å². The number of rotatable bonds is 2. The number of nitrogens with zero attached hydrogens (tertiary/aromatic N) is 2. The van der Waals surface area contributed by atoms with Gasteiger partial charge in [0.2, 0.25) is 0 Å². The number of carbonyl (C=O) groups is 1. The monoisotopic (exact) mass is 463 g/mol. The van der Waals surface area contributed by atoms with Gasteiger partial charge in [0.1, 0.15) is 18.8 Å². The van der Waals surface area contributed by atoms with E-state index >= 15 is 0 Å². The number of carbonyl (C=O) groups excluding carboxylic acids is 1. The molecule has 0 aromatic carbocycles. The molecule has 0 atom stereocenters. The van der Waals surface area contributed by atoms with Gasteiger partial charge >= 0.3 is 6.09 Å². The topological polar surface area (TPSA) is 58.2 Å².